The molecule has 0 saturated carbocycles. The maximum atomic E-state index is 13.3. The molecule has 1 aromatic heterocycles. The number of benzene rings is 3. The van der Waals surface area contributed by atoms with Gasteiger partial charge in [0.05, 0.1) is 26.1 Å². The second-order valence-corrected chi connectivity index (χ2v) is 10.9. The highest BCUT2D eigenvalue weighted by atomic mass is 79.9. The van der Waals surface area contributed by atoms with E-state index >= 15 is 0 Å². The van der Waals surface area contributed by atoms with E-state index in [-0.39, 0.29) is 5.56 Å². The lowest BCUT2D eigenvalue weighted by Crippen LogP contribution is -2.22. The van der Waals surface area contributed by atoms with Crippen molar-refractivity contribution in [3.63, 3.8) is 0 Å². The number of rotatable bonds is 8. The van der Waals surface area contributed by atoms with Gasteiger partial charge in [0.1, 0.15) is 18.2 Å². The normalized spacial score (nSPS) is 11.5. The Morgan fingerprint density at radius 1 is 1.06 bits per heavy atom. The predicted molar refractivity (Wildman–Crippen MR) is 153 cm³/mol. The lowest BCUT2D eigenvalue weighted by atomic mass is 10.2. The van der Waals surface area contributed by atoms with Crippen molar-refractivity contribution < 1.29 is 4.74 Å². The summed E-state index contributed by atoms with van der Waals surface area (Å²) in [5.74, 6) is 1.32. The molecule has 0 aliphatic heterocycles. The number of aromatic nitrogens is 2. The molecule has 0 saturated heterocycles. The van der Waals surface area contributed by atoms with Crippen LogP contribution in [0.15, 0.2) is 77.9 Å². The van der Waals surface area contributed by atoms with E-state index in [0.29, 0.717) is 40.5 Å². The number of nitrogens with zero attached hydrogens (tertiary/aromatic N) is 3. The maximum Gasteiger partial charge on any atom is 0.282 e. The average molecular weight is 683 g/mol. The number of halogens is 4. The van der Waals surface area contributed by atoms with Crippen molar-refractivity contribution in [1.29, 1.82) is 0 Å². The first-order chi connectivity index (χ1) is 16.9. The van der Waals surface area contributed by atoms with E-state index in [1.54, 1.807) is 12.3 Å². The smallest absolute Gasteiger partial charge is 0.282 e. The molecule has 0 unspecified atom stereocenters. The zero-order valence-corrected chi connectivity index (χ0v) is 24.3. The van der Waals surface area contributed by atoms with Crippen LogP contribution in [0.4, 0.5) is 0 Å². The number of unbranched alkanes of at least 4 members (excludes halogenated alkanes) is 1. The van der Waals surface area contributed by atoms with Crippen LogP contribution >= 0.6 is 59.4 Å². The van der Waals surface area contributed by atoms with Crippen molar-refractivity contribution in [3.05, 3.63) is 100 Å². The number of hydrogen-bond acceptors (Lipinski definition) is 4. The number of ether oxygens (including phenoxy) is 1. The summed E-state index contributed by atoms with van der Waals surface area (Å²) in [7, 11) is 0. The number of hydrogen-bond donors (Lipinski definition) is 0. The third-order valence-electron chi connectivity index (χ3n) is 5.27. The largest absolute Gasteiger partial charge is 0.487 e. The lowest BCUT2D eigenvalue weighted by molar-refractivity contribution is 0.302. The molecule has 35 heavy (non-hydrogen) atoms. The fourth-order valence-corrected chi connectivity index (χ4v) is 5.40. The van der Waals surface area contributed by atoms with E-state index in [9.17, 15) is 4.79 Å². The van der Waals surface area contributed by atoms with Crippen LogP contribution in [0.25, 0.3) is 10.9 Å². The summed E-state index contributed by atoms with van der Waals surface area (Å²) in [4.78, 5) is 18.0. The summed E-state index contributed by atoms with van der Waals surface area (Å²) in [5.41, 5.74) is 2.28. The van der Waals surface area contributed by atoms with E-state index in [1.165, 1.54) is 4.68 Å². The zero-order valence-electron chi connectivity index (χ0n) is 18.8. The molecule has 0 aliphatic rings. The van der Waals surface area contributed by atoms with Crippen molar-refractivity contribution in [2.45, 2.75) is 32.8 Å². The van der Waals surface area contributed by atoms with Gasteiger partial charge in [-0.05, 0) is 91.9 Å². The molecule has 0 N–H and O–H groups in total. The van der Waals surface area contributed by atoms with Crippen LogP contribution in [0.2, 0.25) is 5.02 Å². The minimum absolute atomic E-state index is 0.195. The van der Waals surface area contributed by atoms with E-state index in [0.717, 1.165) is 37.4 Å². The molecule has 0 aliphatic carbocycles. The third kappa shape index (κ3) is 6.42. The average Bonchev–Trinajstić information content (AvgIpc) is 2.83. The molecule has 0 bridgehead atoms. The Kier molecular flexibility index (Phi) is 8.81. The van der Waals surface area contributed by atoms with E-state index < -0.39 is 0 Å². The standard InChI is InChI=1S/C26H21Br3ClN3O2/c1-2-3-4-24-32-23-10-7-18(27)13-20(23)26(34)33(24)31-14-17-11-21(28)25(22(29)12-17)35-15-16-5-8-19(30)9-6-16/h5-14H,2-4,15H2,1H3. The van der Waals surface area contributed by atoms with Crippen molar-refractivity contribution in [1.82, 2.24) is 9.66 Å². The van der Waals surface area contributed by atoms with Gasteiger partial charge >= 0.3 is 0 Å². The van der Waals surface area contributed by atoms with Crippen LogP contribution in [0, 0.1) is 0 Å². The van der Waals surface area contributed by atoms with E-state index in [1.807, 2.05) is 48.5 Å². The molecule has 9 heteroatoms. The van der Waals surface area contributed by atoms with Crippen LogP contribution < -0.4 is 10.3 Å². The molecule has 0 fully saturated rings. The Labute approximate surface area is 233 Å². The first-order valence-electron chi connectivity index (χ1n) is 11.0. The summed E-state index contributed by atoms with van der Waals surface area (Å²) >= 11 is 16.6. The highest BCUT2D eigenvalue weighted by molar-refractivity contribution is 9.11. The topological polar surface area (TPSA) is 56.5 Å². The van der Waals surface area contributed by atoms with Gasteiger partial charge in [-0.15, -0.1) is 0 Å². The van der Waals surface area contributed by atoms with Crippen LogP contribution in [0.5, 0.6) is 5.75 Å². The molecule has 180 valence electrons. The van der Waals surface area contributed by atoms with Crippen LogP contribution in [-0.4, -0.2) is 15.9 Å². The van der Waals surface area contributed by atoms with Crippen LogP contribution in [0.3, 0.4) is 0 Å². The molecule has 5 nitrogen and oxygen atoms in total. The van der Waals surface area contributed by atoms with Gasteiger partial charge in [-0.2, -0.15) is 9.78 Å². The van der Waals surface area contributed by atoms with Gasteiger partial charge in [-0.3, -0.25) is 4.79 Å². The summed E-state index contributed by atoms with van der Waals surface area (Å²) in [6, 6.07) is 16.8. The molecule has 4 aromatic rings. The van der Waals surface area contributed by atoms with Crippen LogP contribution in [-0.2, 0) is 13.0 Å². The van der Waals surface area contributed by atoms with Gasteiger partial charge < -0.3 is 4.74 Å². The Balaban J connectivity index is 1.63. The first-order valence-corrected chi connectivity index (χ1v) is 13.7. The third-order valence-corrected chi connectivity index (χ3v) is 7.19. The van der Waals surface area contributed by atoms with Crippen molar-refractivity contribution in [2.24, 2.45) is 5.10 Å². The molecular weight excluding hydrogens is 661 g/mol. The number of fused-ring (bicyclic) bond motifs is 1. The Morgan fingerprint density at radius 3 is 2.46 bits per heavy atom. The first kappa shape index (κ1) is 26.1. The summed E-state index contributed by atoms with van der Waals surface area (Å²) in [6.07, 6.45) is 4.23. The SMILES string of the molecule is CCCCc1nc2ccc(Br)cc2c(=O)n1N=Cc1cc(Br)c(OCc2ccc(Cl)cc2)c(Br)c1. The molecule has 0 radical (unpaired) electrons. The zero-order chi connectivity index (χ0) is 24.9. The molecular formula is C26H21Br3ClN3O2. The molecule has 0 amide bonds. The van der Waals surface area contributed by atoms with E-state index in [4.69, 9.17) is 21.3 Å². The quantitative estimate of drug-likeness (QED) is 0.177. The number of aryl methyl sites for hydroxylation is 1. The van der Waals surface area contributed by atoms with E-state index in [2.05, 4.69) is 59.8 Å². The van der Waals surface area contributed by atoms with Gasteiger partial charge in [0, 0.05) is 15.9 Å². The maximum absolute atomic E-state index is 13.3. The van der Waals surface area contributed by atoms with Crippen molar-refractivity contribution in [3.8, 4) is 5.75 Å². The molecule has 0 spiro atoms. The highest BCUT2D eigenvalue weighted by Gasteiger charge is 2.12. The minimum atomic E-state index is -0.195. The van der Waals surface area contributed by atoms with Gasteiger partial charge in [-0.25, -0.2) is 4.98 Å². The fraction of sp³-hybridized carbons (Fsp3) is 0.192. The predicted octanol–water partition coefficient (Wildman–Crippen LogP) is 8.14. The second kappa shape index (κ2) is 11.8. The lowest BCUT2D eigenvalue weighted by Gasteiger charge is -2.12. The van der Waals surface area contributed by atoms with Crippen molar-refractivity contribution >= 4 is 76.5 Å². The summed E-state index contributed by atoms with van der Waals surface area (Å²) in [5, 5.41) is 5.73. The van der Waals surface area contributed by atoms with Crippen LogP contribution in [0.1, 0.15) is 36.7 Å². The van der Waals surface area contributed by atoms with Crippen molar-refractivity contribution in [2.75, 3.05) is 0 Å². The Morgan fingerprint density at radius 2 is 1.77 bits per heavy atom. The Bertz CT molecular complexity index is 1430. The minimum Gasteiger partial charge on any atom is -0.487 e. The molecule has 0 atom stereocenters. The molecule has 1 heterocycles. The Hall–Kier alpha value is -2.00. The summed E-state index contributed by atoms with van der Waals surface area (Å²) in [6.45, 7) is 2.51. The molecule has 4 rings (SSSR count). The van der Waals surface area contributed by atoms with Gasteiger partial charge in [0.25, 0.3) is 5.56 Å². The van der Waals surface area contributed by atoms with Gasteiger partial charge in [0.2, 0.25) is 0 Å². The second-order valence-electron chi connectivity index (χ2n) is 7.88. The molecule has 3 aromatic carbocycles. The fourth-order valence-electron chi connectivity index (χ4n) is 3.46. The summed E-state index contributed by atoms with van der Waals surface area (Å²) < 4.78 is 9.75. The van der Waals surface area contributed by atoms with Gasteiger partial charge in [-0.1, -0.05) is 53.0 Å². The highest BCUT2D eigenvalue weighted by Crippen LogP contribution is 2.35. The van der Waals surface area contributed by atoms with Gasteiger partial charge in [0.15, 0.2) is 0 Å². The monoisotopic (exact) mass is 679 g/mol.